The molecule has 1 aliphatic rings. The highest BCUT2D eigenvalue weighted by atomic mass is 16.2. The zero-order valence-corrected chi connectivity index (χ0v) is 10.3. The van der Waals surface area contributed by atoms with E-state index in [1.165, 1.54) is 0 Å². The fraction of sp³-hybridized carbons (Fsp3) is 0.385. The number of rotatable bonds is 3. The van der Waals surface area contributed by atoms with Gasteiger partial charge < -0.3 is 16.0 Å². The van der Waals surface area contributed by atoms with Gasteiger partial charge in [0.05, 0.1) is 23.0 Å². The first-order valence-electron chi connectivity index (χ1n) is 5.92. The molecule has 3 N–H and O–H groups in total. The summed E-state index contributed by atoms with van der Waals surface area (Å²) >= 11 is 0. The molecule has 0 bridgehead atoms. The molecule has 0 aromatic heterocycles. The minimum absolute atomic E-state index is 0.0667. The number of amides is 1. The van der Waals surface area contributed by atoms with Crippen molar-refractivity contribution in [3.8, 4) is 6.07 Å². The summed E-state index contributed by atoms with van der Waals surface area (Å²) in [7, 11) is 1.80. The van der Waals surface area contributed by atoms with Gasteiger partial charge in [-0.25, -0.2) is 0 Å². The monoisotopic (exact) mass is 244 g/mol. The second-order valence-electron chi connectivity index (χ2n) is 4.40. The van der Waals surface area contributed by atoms with Gasteiger partial charge in [-0.1, -0.05) is 0 Å². The van der Waals surface area contributed by atoms with Gasteiger partial charge in [0.15, 0.2) is 0 Å². The fourth-order valence-corrected chi connectivity index (χ4v) is 2.21. The lowest BCUT2D eigenvalue weighted by Gasteiger charge is -2.20. The van der Waals surface area contributed by atoms with Gasteiger partial charge in [-0.3, -0.25) is 4.79 Å². The van der Waals surface area contributed by atoms with E-state index in [-0.39, 0.29) is 11.8 Å². The Morgan fingerprint density at radius 1 is 1.61 bits per heavy atom. The van der Waals surface area contributed by atoms with E-state index in [9.17, 15) is 4.79 Å². The lowest BCUT2D eigenvalue weighted by molar-refractivity contribution is -0.117. The number of carbonyl (C=O) groups is 1. The Hall–Kier alpha value is -2.06. The Morgan fingerprint density at radius 3 is 2.94 bits per heavy atom. The Morgan fingerprint density at radius 2 is 2.39 bits per heavy atom. The van der Waals surface area contributed by atoms with Crippen LogP contribution in [0.3, 0.4) is 0 Å². The molecule has 0 saturated carbocycles. The summed E-state index contributed by atoms with van der Waals surface area (Å²) < 4.78 is 0. The highest BCUT2D eigenvalue weighted by molar-refractivity contribution is 5.99. The molecule has 0 radical (unpaired) electrons. The molecule has 94 valence electrons. The van der Waals surface area contributed by atoms with Crippen LogP contribution >= 0.6 is 0 Å². The number of nitrogens with zero attached hydrogens (tertiary/aromatic N) is 2. The van der Waals surface area contributed by atoms with Crippen LogP contribution in [0.15, 0.2) is 18.2 Å². The number of benzene rings is 1. The van der Waals surface area contributed by atoms with E-state index in [1.54, 1.807) is 24.1 Å². The first-order chi connectivity index (χ1) is 8.69. The fourth-order valence-electron chi connectivity index (χ4n) is 2.21. The molecule has 5 heteroatoms. The molecular formula is C13H16N4O. The van der Waals surface area contributed by atoms with Crippen molar-refractivity contribution in [2.75, 3.05) is 30.4 Å². The predicted molar refractivity (Wildman–Crippen MR) is 70.2 cm³/mol. The quantitative estimate of drug-likeness (QED) is 0.828. The standard InChI is InChI=1S/C13H16N4O/c1-16-11-3-2-9(6-14)4-12(11)17-8-10(7-15)5-13(17)18/h2-4,10,16H,5,7-8,15H2,1H3. The van der Waals surface area contributed by atoms with Gasteiger partial charge in [-0.2, -0.15) is 5.26 Å². The van der Waals surface area contributed by atoms with E-state index in [0.29, 0.717) is 25.1 Å². The van der Waals surface area contributed by atoms with E-state index in [1.807, 2.05) is 6.07 Å². The maximum absolute atomic E-state index is 12.0. The van der Waals surface area contributed by atoms with Gasteiger partial charge in [0.1, 0.15) is 0 Å². The Kier molecular flexibility index (Phi) is 3.49. The largest absolute Gasteiger partial charge is 0.386 e. The van der Waals surface area contributed by atoms with E-state index in [0.717, 1.165) is 11.4 Å². The van der Waals surface area contributed by atoms with Crippen LogP contribution in [0.4, 0.5) is 11.4 Å². The van der Waals surface area contributed by atoms with Crippen molar-refractivity contribution < 1.29 is 4.79 Å². The molecule has 0 spiro atoms. The third-order valence-corrected chi connectivity index (χ3v) is 3.23. The SMILES string of the molecule is CNc1ccc(C#N)cc1N1CC(CN)CC1=O. The molecule has 1 atom stereocenters. The second kappa shape index (κ2) is 5.07. The first-order valence-corrected chi connectivity index (χ1v) is 5.92. The van der Waals surface area contributed by atoms with Crippen molar-refractivity contribution in [3.63, 3.8) is 0 Å². The summed E-state index contributed by atoms with van der Waals surface area (Å²) in [6, 6.07) is 7.38. The summed E-state index contributed by atoms with van der Waals surface area (Å²) in [6.45, 7) is 1.13. The molecule has 18 heavy (non-hydrogen) atoms. The lowest BCUT2D eigenvalue weighted by atomic mass is 10.1. The van der Waals surface area contributed by atoms with Crippen molar-refractivity contribution in [3.05, 3.63) is 23.8 Å². The topological polar surface area (TPSA) is 82.2 Å². The smallest absolute Gasteiger partial charge is 0.227 e. The molecular weight excluding hydrogens is 228 g/mol. The molecule has 1 aromatic rings. The molecule has 0 aliphatic carbocycles. The highest BCUT2D eigenvalue weighted by Crippen LogP contribution is 2.31. The summed E-state index contributed by atoms with van der Waals surface area (Å²) in [5.74, 6) is 0.269. The van der Waals surface area contributed by atoms with Gasteiger partial charge >= 0.3 is 0 Å². The third kappa shape index (κ3) is 2.15. The molecule has 1 amide bonds. The number of nitrogens with one attached hydrogen (secondary N) is 1. The maximum atomic E-state index is 12.0. The van der Waals surface area contributed by atoms with Crippen LogP contribution < -0.4 is 16.0 Å². The van der Waals surface area contributed by atoms with Gasteiger partial charge in [0.2, 0.25) is 5.91 Å². The second-order valence-corrected chi connectivity index (χ2v) is 4.40. The van der Waals surface area contributed by atoms with Gasteiger partial charge in [-0.15, -0.1) is 0 Å². The van der Waals surface area contributed by atoms with Crippen molar-refractivity contribution in [1.82, 2.24) is 0 Å². The Balaban J connectivity index is 2.38. The third-order valence-electron chi connectivity index (χ3n) is 3.23. The minimum Gasteiger partial charge on any atom is -0.386 e. The predicted octanol–water partition coefficient (Wildman–Crippen LogP) is 0.912. The summed E-state index contributed by atoms with van der Waals surface area (Å²) in [5, 5.41) is 12.0. The first kappa shape index (κ1) is 12.4. The van der Waals surface area contributed by atoms with E-state index < -0.39 is 0 Å². The van der Waals surface area contributed by atoms with Crippen LogP contribution in [0, 0.1) is 17.2 Å². The average molecular weight is 244 g/mol. The van der Waals surface area contributed by atoms with Crippen LogP contribution in [-0.2, 0) is 4.79 Å². The highest BCUT2D eigenvalue weighted by Gasteiger charge is 2.30. The molecule has 1 saturated heterocycles. The summed E-state index contributed by atoms with van der Waals surface area (Å²) in [6.07, 6.45) is 0.483. The zero-order chi connectivity index (χ0) is 13.1. The molecule has 1 aromatic carbocycles. The number of nitriles is 1. The van der Waals surface area contributed by atoms with Crippen molar-refractivity contribution in [2.45, 2.75) is 6.42 Å². The number of hydrogen-bond acceptors (Lipinski definition) is 4. The zero-order valence-electron chi connectivity index (χ0n) is 10.3. The Bertz CT molecular complexity index is 506. The van der Waals surface area contributed by atoms with Crippen molar-refractivity contribution in [2.24, 2.45) is 11.7 Å². The Labute approximate surface area is 106 Å². The number of hydrogen-bond donors (Lipinski definition) is 2. The minimum atomic E-state index is 0.0667. The number of anilines is 2. The average Bonchev–Trinajstić information content (AvgIpc) is 2.79. The van der Waals surface area contributed by atoms with E-state index in [4.69, 9.17) is 11.0 Å². The molecule has 1 aliphatic heterocycles. The molecule has 1 heterocycles. The maximum Gasteiger partial charge on any atom is 0.227 e. The van der Waals surface area contributed by atoms with Gasteiger partial charge in [0, 0.05) is 20.0 Å². The number of nitrogens with two attached hydrogens (primary N) is 1. The summed E-state index contributed by atoms with van der Waals surface area (Å²) in [4.78, 5) is 13.7. The van der Waals surface area contributed by atoms with Crippen LogP contribution in [-0.4, -0.2) is 26.0 Å². The van der Waals surface area contributed by atoms with Crippen LogP contribution in [0.25, 0.3) is 0 Å². The van der Waals surface area contributed by atoms with E-state index >= 15 is 0 Å². The van der Waals surface area contributed by atoms with Crippen molar-refractivity contribution in [1.29, 1.82) is 5.26 Å². The summed E-state index contributed by atoms with van der Waals surface area (Å²) in [5.41, 5.74) is 7.77. The van der Waals surface area contributed by atoms with Gasteiger partial charge in [-0.05, 0) is 30.7 Å². The van der Waals surface area contributed by atoms with Crippen molar-refractivity contribution >= 4 is 17.3 Å². The van der Waals surface area contributed by atoms with Crippen LogP contribution in [0.1, 0.15) is 12.0 Å². The normalized spacial score (nSPS) is 18.8. The van der Waals surface area contributed by atoms with Crippen LogP contribution in [0.5, 0.6) is 0 Å². The number of carbonyl (C=O) groups excluding carboxylic acids is 1. The van der Waals surface area contributed by atoms with E-state index in [2.05, 4.69) is 11.4 Å². The molecule has 1 unspecified atom stereocenters. The molecule has 5 nitrogen and oxygen atoms in total. The van der Waals surface area contributed by atoms with Gasteiger partial charge in [0.25, 0.3) is 0 Å². The lowest BCUT2D eigenvalue weighted by Crippen LogP contribution is -2.26. The van der Waals surface area contributed by atoms with Crippen LogP contribution in [0.2, 0.25) is 0 Å². The molecule has 2 rings (SSSR count). The molecule has 1 fully saturated rings.